The predicted molar refractivity (Wildman–Crippen MR) is 89.5 cm³/mol. The summed E-state index contributed by atoms with van der Waals surface area (Å²) in [7, 11) is 0. The molecule has 112 valence electrons. The van der Waals surface area contributed by atoms with E-state index in [2.05, 4.69) is 5.32 Å². The van der Waals surface area contributed by atoms with Gasteiger partial charge in [-0.3, -0.25) is 10.1 Å². The topological polar surface area (TPSA) is 55.2 Å². The van der Waals surface area contributed by atoms with Crippen molar-refractivity contribution in [1.82, 2.24) is 5.32 Å². The van der Waals surface area contributed by atoms with Crippen LogP contribution in [0.15, 0.2) is 72.9 Å². The van der Waals surface area contributed by atoms with Crippen molar-refractivity contribution < 1.29 is 4.92 Å². The van der Waals surface area contributed by atoms with E-state index < -0.39 is 4.92 Å². The maximum atomic E-state index is 10.8. The molecule has 0 amide bonds. The third-order valence-electron chi connectivity index (χ3n) is 3.28. The highest BCUT2D eigenvalue weighted by atomic mass is 16.6. The quantitative estimate of drug-likeness (QED) is 0.648. The van der Waals surface area contributed by atoms with Crippen LogP contribution in [0.4, 0.5) is 0 Å². The second kappa shape index (κ2) is 7.78. The molecule has 0 aliphatic heterocycles. The van der Waals surface area contributed by atoms with Crippen molar-refractivity contribution >= 4 is 11.3 Å². The van der Waals surface area contributed by atoms with Crippen LogP contribution in [0.5, 0.6) is 0 Å². The first-order chi connectivity index (χ1) is 10.7. The molecule has 0 aliphatic carbocycles. The first-order valence-corrected chi connectivity index (χ1v) is 7.06. The number of nitro groups is 1. The van der Waals surface area contributed by atoms with E-state index >= 15 is 0 Å². The van der Waals surface area contributed by atoms with Crippen molar-refractivity contribution in [2.24, 2.45) is 0 Å². The molecule has 0 radical (unpaired) electrons. The van der Waals surface area contributed by atoms with Gasteiger partial charge in [0.15, 0.2) is 0 Å². The highest BCUT2D eigenvalue weighted by molar-refractivity contribution is 5.70. The second-order valence-electron chi connectivity index (χ2n) is 4.73. The van der Waals surface area contributed by atoms with Crippen molar-refractivity contribution in [3.8, 4) is 0 Å². The monoisotopic (exact) mass is 294 g/mol. The van der Waals surface area contributed by atoms with Gasteiger partial charge in [-0.1, -0.05) is 66.7 Å². The maximum Gasteiger partial charge on any atom is 0.258 e. The van der Waals surface area contributed by atoms with Gasteiger partial charge in [-0.2, -0.15) is 0 Å². The molecule has 2 aromatic carbocycles. The van der Waals surface area contributed by atoms with Crippen LogP contribution >= 0.6 is 0 Å². The predicted octanol–water partition coefficient (Wildman–Crippen LogP) is 3.95. The normalized spacial score (nSPS) is 12.0. The molecule has 4 heteroatoms. The number of hydrogen-bond acceptors (Lipinski definition) is 3. The molecule has 1 N–H and O–H groups in total. The zero-order chi connectivity index (χ0) is 15.8. The zero-order valence-corrected chi connectivity index (χ0v) is 12.4. The third kappa shape index (κ3) is 4.31. The van der Waals surface area contributed by atoms with Crippen LogP contribution in [0.2, 0.25) is 0 Å². The van der Waals surface area contributed by atoms with Crippen molar-refractivity contribution in [3.63, 3.8) is 0 Å². The van der Waals surface area contributed by atoms with Gasteiger partial charge in [0.2, 0.25) is 0 Å². The van der Waals surface area contributed by atoms with Crippen LogP contribution in [-0.2, 0) is 0 Å². The Morgan fingerprint density at radius 3 is 2.09 bits per heavy atom. The van der Waals surface area contributed by atoms with Gasteiger partial charge < -0.3 is 5.32 Å². The Labute approximate surface area is 130 Å². The van der Waals surface area contributed by atoms with Crippen LogP contribution in [0.1, 0.15) is 18.1 Å². The van der Waals surface area contributed by atoms with Gasteiger partial charge in [0, 0.05) is 12.1 Å². The van der Waals surface area contributed by atoms with E-state index in [0.29, 0.717) is 12.2 Å². The number of benzene rings is 2. The van der Waals surface area contributed by atoms with Gasteiger partial charge in [0.25, 0.3) is 6.20 Å². The minimum Gasteiger partial charge on any atom is -0.375 e. The van der Waals surface area contributed by atoms with Crippen molar-refractivity contribution in [3.05, 3.63) is 94.2 Å². The van der Waals surface area contributed by atoms with E-state index in [4.69, 9.17) is 0 Å². The van der Waals surface area contributed by atoms with Crippen LogP contribution in [0.25, 0.3) is 11.3 Å². The second-order valence-corrected chi connectivity index (χ2v) is 4.73. The van der Waals surface area contributed by atoms with Crippen LogP contribution in [0.3, 0.4) is 0 Å². The van der Waals surface area contributed by atoms with Crippen LogP contribution in [-0.4, -0.2) is 11.5 Å². The summed E-state index contributed by atoms with van der Waals surface area (Å²) >= 11 is 0. The van der Waals surface area contributed by atoms with Crippen molar-refractivity contribution in [1.29, 1.82) is 0 Å². The molecule has 0 fully saturated rings. The van der Waals surface area contributed by atoms with Gasteiger partial charge in [-0.15, -0.1) is 0 Å². The lowest BCUT2D eigenvalue weighted by Crippen LogP contribution is -2.16. The molecule has 0 unspecified atom stereocenters. The minimum atomic E-state index is -0.437. The highest BCUT2D eigenvalue weighted by Crippen LogP contribution is 2.16. The van der Waals surface area contributed by atoms with Gasteiger partial charge in [0.05, 0.1) is 4.92 Å². The van der Waals surface area contributed by atoms with Gasteiger partial charge in [-0.25, -0.2) is 0 Å². The summed E-state index contributed by atoms with van der Waals surface area (Å²) in [6.07, 6.45) is 3.02. The fourth-order valence-corrected chi connectivity index (χ4v) is 2.16. The van der Waals surface area contributed by atoms with Crippen LogP contribution < -0.4 is 5.32 Å². The van der Waals surface area contributed by atoms with Gasteiger partial charge >= 0.3 is 0 Å². The standard InChI is InChI=1S/C18H18N2O2/c1-2-15(16-9-5-3-6-10-16)13-19-18(14-20(21)22)17-11-7-4-8-12-17/h2-12,14,19H,13H2,1H3. The molecule has 0 heterocycles. The molecule has 0 aliphatic rings. The van der Waals surface area contributed by atoms with Gasteiger partial charge in [-0.05, 0) is 18.1 Å². The number of nitrogens with zero attached hydrogens (tertiary/aromatic N) is 1. The van der Waals surface area contributed by atoms with E-state index in [9.17, 15) is 10.1 Å². The summed E-state index contributed by atoms with van der Waals surface area (Å²) in [4.78, 5) is 10.4. The summed E-state index contributed by atoms with van der Waals surface area (Å²) < 4.78 is 0. The molecule has 2 rings (SSSR count). The Morgan fingerprint density at radius 2 is 1.59 bits per heavy atom. The average Bonchev–Trinajstić information content (AvgIpc) is 2.56. The lowest BCUT2D eigenvalue weighted by atomic mass is 10.1. The SMILES string of the molecule is CC=C(CNC(=C[N+](=O)[O-])c1ccccc1)c1ccccc1. The summed E-state index contributed by atoms with van der Waals surface area (Å²) in [5.41, 5.74) is 3.49. The number of allylic oxidation sites excluding steroid dienone is 1. The highest BCUT2D eigenvalue weighted by Gasteiger charge is 2.07. The smallest absolute Gasteiger partial charge is 0.258 e. The number of rotatable bonds is 6. The fraction of sp³-hybridized carbons (Fsp3) is 0.111. The Morgan fingerprint density at radius 1 is 1.05 bits per heavy atom. The lowest BCUT2D eigenvalue weighted by molar-refractivity contribution is -0.401. The molecule has 2 aromatic rings. The third-order valence-corrected chi connectivity index (χ3v) is 3.28. The summed E-state index contributed by atoms with van der Waals surface area (Å²) in [6.45, 7) is 2.48. The average molecular weight is 294 g/mol. The molecular formula is C18H18N2O2. The largest absolute Gasteiger partial charge is 0.375 e. The first kappa shape index (κ1) is 15.5. The van der Waals surface area contributed by atoms with Gasteiger partial charge in [0.1, 0.15) is 5.70 Å². The molecule has 0 saturated carbocycles. The molecule has 0 bridgehead atoms. The Kier molecular flexibility index (Phi) is 5.49. The van der Waals surface area contributed by atoms with Crippen molar-refractivity contribution in [2.45, 2.75) is 6.92 Å². The Hall–Kier alpha value is -2.88. The zero-order valence-electron chi connectivity index (χ0n) is 12.4. The summed E-state index contributed by atoms with van der Waals surface area (Å²) in [5, 5.41) is 14.0. The molecule has 0 spiro atoms. The lowest BCUT2D eigenvalue weighted by Gasteiger charge is -2.12. The van der Waals surface area contributed by atoms with E-state index in [0.717, 1.165) is 22.9 Å². The maximum absolute atomic E-state index is 10.8. The Balaban J connectivity index is 2.17. The summed E-state index contributed by atoms with van der Waals surface area (Å²) in [5.74, 6) is 0. The minimum absolute atomic E-state index is 0.437. The molecule has 4 nitrogen and oxygen atoms in total. The van der Waals surface area contributed by atoms with E-state index in [1.54, 1.807) is 0 Å². The number of nitrogens with one attached hydrogen (secondary N) is 1. The van der Waals surface area contributed by atoms with Crippen molar-refractivity contribution in [2.75, 3.05) is 6.54 Å². The number of hydrogen-bond donors (Lipinski definition) is 1. The molecule has 22 heavy (non-hydrogen) atoms. The summed E-state index contributed by atoms with van der Waals surface area (Å²) in [6, 6.07) is 19.3. The molecule has 0 atom stereocenters. The van der Waals surface area contributed by atoms with Crippen LogP contribution in [0, 0.1) is 10.1 Å². The van der Waals surface area contributed by atoms with E-state index in [1.807, 2.05) is 73.7 Å². The Bertz CT molecular complexity index is 677. The van der Waals surface area contributed by atoms with E-state index in [1.165, 1.54) is 0 Å². The molecule has 0 saturated heterocycles. The fourth-order valence-electron chi connectivity index (χ4n) is 2.16. The first-order valence-electron chi connectivity index (χ1n) is 7.06. The molecular weight excluding hydrogens is 276 g/mol. The molecule has 0 aromatic heterocycles. The van der Waals surface area contributed by atoms with E-state index in [-0.39, 0.29) is 0 Å².